The van der Waals surface area contributed by atoms with Gasteiger partial charge in [-0.05, 0) is 11.6 Å². The molecule has 0 aliphatic carbocycles. The number of aromatic amines is 1. The third-order valence-electron chi connectivity index (χ3n) is 3.52. The first kappa shape index (κ1) is 18.4. The van der Waals surface area contributed by atoms with Gasteiger partial charge in [-0.3, -0.25) is 9.78 Å². The van der Waals surface area contributed by atoms with E-state index in [0.717, 1.165) is 28.6 Å². The lowest BCUT2D eigenvalue weighted by atomic mass is 10.1. The molecule has 136 valence electrons. The number of thiazole rings is 1. The number of nitrogens with one attached hydrogen (secondary N) is 2. The highest BCUT2D eigenvalue weighted by molar-refractivity contribution is 7.98. The third-order valence-corrected chi connectivity index (χ3v) is 5.46. The predicted octanol–water partition coefficient (Wildman–Crippen LogP) is 2.57. The Morgan fingerprint density at radius 3 is 3.00 bits per heavy atom. The zero-order chi connectivity index (χ0) is 18.2. The van der Waals surface area contributed by atoms with Crippen molar-refractivity contribution in [3.63, 3.8) is 0 Å². The Morgan fingerprint density at radius 1 is 1.31 bits per heavy atom. The lowest BCUT2D eigenvalue weighted by molar-refractivity contribution is 0.397. The van der Waals surface area contributed by atoms with Crippen LogP contribution in [0.5, 0.6) is 5.88 Å². The zero-order valence-corrected chi connectivity index (χ0v) is 15.9. The Morgan fingerprint density at radius 2 is 2.23 bits per heavy atom. The van der Waals surface area contributed by atoms with E-state index in [2.05, 4.69) is 25.3 Å². The largest absolute Gasteiger partial charge is 0.481 e. The number of anilines is 1. The Balaban J connectivity index is 1.49. The van der Waals surface area contributed by atoms with Gasteiger partial charge in [-0.1, -0.05) is 0 Å². The van der Waals surface area contributed by atoms with Gasteiger partial charge >= 0.3 is 0 Å². The molecule has 0 atom stereocenters. The van der Waals surface area contributed by atoms with Gasteiger partial charge in [0.1, 0.15) is 5.01 Å². The van der Waals surface area contributed by atoms with E-state index in [1.165, 1.54) is 0 Å². The molecule has 9 heteroatoms. The van der Waals surface area contributed by atoms with Gasteiger partial charge in [-0.25, -0.2) is 15.0 Å². The van der Waals surface area contributed by atoms with Crippen LogP contribution in [0.4, 0.5) is 5.95 Å². The molecule has 0 amide bonds. The Kier molecular flexibility index (Phi) is 6.62. The van der Waals surface area contributed by atoms with E-state index in [1.54, 1.807) is 42.6 Å². The number of hydrogen-bond acceptors (Lipinski definition) is 8. The minimum absolute atomic E-state index is 0.145. The molecule has 2 N–H and O–H groups in total. The number of methoxy groups -OCH3 is 1. The molecule has 0 unspecified atom stereocenters. The number of hydrogen-bond donors (Lipinski definition) is 2. The first-order valence-electron chi connectivity index (χ1n) is 8.01. The molecule has 3 aromatic heterocycles. The number of pyridine rings is 1. The van der Waals surface area contributed by atoms with Crippen LogP contribution in [0.25, 0.3) is 0 Å². The second-order valence-electron chi connectivity index (χ2n) is 5.37. The summed E-state index contributed by atoms with van der Waals surface area (Å²) in [4.78, 5) is 27.6. The molecule has 0 aliphatic rings. The topological polar surface area (TPSA) is 92.8 Å². The van der Waals surface area contributed by atoms with Crippen LogP contribution in [0.3, 0.4) is 0 Å². The average molecular weight is 390 g/mol. The van der Waals surface area contributed by atoms with Gasteiger partial charge in [0.15, 0.2) is 0 Å². The van der Waals surface area contributed by atoms with Crippen LogP contribution in [0.2, 0.25) is 0 Å². The summed E-state index contributed by atoms with van der Waals surface area (Å²) >= 11 is 3.45. The van der Waals surface area contributed by atoms with E-state index < -0.39 is 0 Å². The van der Waals surface area contributed by atoms with Crippen LogP contribution >= 0.6 is 23.1 Å². The van der Waals surface area contributed by atoms with Crippen molar-refractivity contribution in [3.05, 3.63) is 62.6 Å². The summed E-state index contributed by atoms with van der Waals surface area (Å²) in [5.74, 6) is 2.82. The van der Waals surface area contributed by atoms with Crippen LogP contribution in [0, 0.1) is 0 Å². The first-order chi connectivity index (χ1) is 12.7. The molecule has 0 aliphatic heterocycles. The number of aromatic nitrogens is 4. The Labute approximate surface area is 159 Å². The molecule has 0 saturated carbocycles. The predicted molar refractivity (Wildman–Crippen MR) is 105 cm³/mol. The maximum Gasteiger partial charge on any atom is 0.255 e. The van der Waals surface area contributed by atoms with Gasteiger partial charge in [-0.2, -0.15) is 11.8 Å². The van der Waals surface area contributed by atoms with E-state index in [0.29, 0.717) is 23.8 Å². The van der Waals surface area contributed by atoms with Gasteiger partial charge in [-0.15, -0.1) is 11.3 Å². The SMILES string of the molecule is COc1cc(Cc2cnc(NCCSCc3nccs3)[nH]c2=O)ccn1. The Bertz CT molecular complexity index is 883. The minimum atomic E-state index is -0.145. The van der Waals surface area contributed by atoms with E-state index in [4.69, 9.17) is 4.74 Å². The highest BCUT2D eigenvalue weighted by Gasteiger charge is 2.05. The van der Waals surface area contributed by atoms with Gasteiger partial charge in [0.2, 0.25) is 11.8 Å². The fraction of sp³-hybridized carbons (Fsp3) is 0.294. The molecule has 26 heavy (non-hydrogen) atoms. The summed E-state index contributed by atoms with van der Waals surface area (Å²) < 4.78 is 5.10. The number of rotatable bonds is 9. The quantitative estimate of drug-likeness (QED) is 0.543. The van der Waals surface area contributed by atoms with Crippen molar-refractivity contribution < 1.29 is 4.74 Å². The highest BCUT2D eigenvalue weighted by atomic mass is 32.2. The second-order valence-corrected chi connectivity index (χ2v) is 7.46. The van der Waals surface area contributed by atoms with E-state index >= 15 is 0 Å². The molecule has 0 spiro atoms. The van der Waals surface area contributed by atoms with Crippen LogP contribution in [-0.4, -0.2) is 39.3 Å². The molecule has 0 aromatic carbocycles. The molecular weight excluding hydrogens is 370 g/mol. The fourth-order valence-electron chi connectivity index (χ4n) is 2.25. The van der Waals surface area contributed by atoms with Gasteiger partial charge in [0.25, 0.3) is 5.56 Å². The van der Waals surface area contributed by atoms with Gasteiger partial charge in [0.05, 0.1) is 7.11 Å². The summed E-state index contributed by atoms with van der Waals surface area (Å²) in [5, 5.41) is 6.24. The summed E-state index contributed by atoms with van der Waals surface area (Å²) in [5.41, 5.74) is 1.40. The van der Waals surface area contributed by atoms with Crippen molar-refractivity contribution in [1.82, 2.24) is 19.9 Å². The number of thioether (sulfide) groups is 1. The van der Waals surface area contributed by atoms with Crippen molar-refractivity contribution in [2.45, 2.75) is 12.2 Å². The molecule has 3 rings (SSSR count). The van der Waals surface area contributed by atoms with E-state index in [-0.39, 0.29) is 5.56 Å². The normalized spacial score (nSPS) is 10.7. The number of ether oxygens (including phenoxy) is 1. The van der Waals surface area contributed by atoms with Gasteiger partial charge < -0.3 is 10.1 Å². The minimum Gasteiger partial charge on any atom is -0.481 e. The number of H-pyrrole nitrogens is 1. The van der Waals surface area contributed by atoms with E-state index in [1.807, 2.05) is 23.7 Å². The second kappa shape index (κ2) is 9.35. The van der Waals surface area contributed by atoms with Crippen molar-refractivity contribution in [2.75, 3.05) is 24.7 Å². The lowest BCUT2D eigenvalue weighted by Crippen LogP contribution is -2.18. The van der Waals surface area contributed by atoms with Crippen LogP contribution in [0.15, 0.2) is 40.9 Å². The lowest BCUT2D eigenvalue weighted by Gasteiger charge is -2.07. The molecule has 7 nitrogen and oxygen atoms in total. The maximum atomic E-state index is 12.2. The standard InChI is InChI=1S/C17H19N5O2S2/c1-24-14-9-12(2-3-18-14)8-13-10-21-17(22-16(13)23)20-4-6-25-11-15-19-5-7-26-15/h2-3,5,7,9-10H,4,6,8,11H2,1H3,(H2,20,21,22,23). The maximum absolute atomic E-state index is 12.2. The smallest absolute Gasteiger partial charge is 0.255 e. The van der Waals surface area contributed by atoms with Crippen molar-refractivity contribution >= 4 is 29.0 Å². The van der Waals surface area contributed by atoms with Crippen molar-refractivity contribution in [3.8, 4) is 5.88 Å². The highest BCUT2D eigenvalue weighted by Crippen LogP contribution is 2.14. The summed E-state index contributed by atoms with van der Waals surface area (Å²) in [7, 11) is 1.57. The van der Waals surface area contributed by atoms with Crippen LogP contribution < -0.4 is 15.6 Å². The fourth-order valence-corrected chi connectivity index (χ4v) is 3.82. The molecular formula is C17H19N5O2S2. The third kappa shape index (κ3) is 5.30. The first-order valence-corrected chi connectivity index (χ1v) is 10.0. The van der Waals surface area contributed by atoms with Gasteiger partial charge in [0, 0.05) is 60.1 Å². The summed E-state index contributed by atoms with van der Waals surface area (Å²) in [6.07, 6.45) is 5.56. The molecule has 0 bridgehead atoms. The van der Waals surface area contributed by atoms with Crippen molar-refractivity contribution in [2.24, 2.45) is 0 Å². The molecule has 3 heterocycles. The molecule has 0 saturated heterocycles. The summed E-state index contributed by atoms with van der Waals surface area (Å²) in [6.45, 7) is 0.722. The number of nitrogens with zero attached hydrogens (tertiary/aromatic N) is 3. The molecule has 0 fully saturated rings. The van der Waals surface area contributed by atoms with E-state index in [9.17, 15) is 4.79 Å². The van der Waals surface area contributed by atoms with Crippen LogP contribution in [-0.2, 0) is 12.2 Å². The zero-order valence-electron chi connectivity index (χ0n) is 14.3. The molecule has 0 radical (unpaired) electrons. The Hall–Kier alpha value is -2.39. The average Bonchev–Trinajstić information content (AvgIpc) is 3.17. The van der Waals surface area contributed by atoms with Crippen LogP contribution in [0.1, 0.15) is 16.1 Å². The molecule has 3 aromatic rings. The monoisotopic (exact) mass is 389 g/mol. The van der Waals surface area contributed by atoms with Crippen molar-refractivity contribution in [1.29, 1.82) is 0 Å². The summed E-state index contributed by atoms with van der Waals surface area (Å²) in [6, 6.07) is 3.67.